The summed E-state index contributed by atoms with van der Waals surface area (Å²) in [6, 6.07) is 14.7. The van der Waals surface area contributed by atoms with E-state index in [1.54, 1.807) is 6.07 Å². The Morgan fingerprint density at radius 1 is 1.06 bits per heavy atom. The molecule has 1 aromatic carbocycles. The first-order valence-corrected chi connectivity index (χ1v) is 10.7. The lowest BCUT2D eigenvalue weighted by atomic mass is 9.93. The highest BCUT2D eigenvalue weighted by Crippen LogP contribution is 2.28. The lowest BCUT2D eigenvalue weighted by Crippen LogP contribution is -2.33. The highest BCUT2D eigenvalue weighted by molar-refractivity contribution is 6.31. The smallest absolute Gasteiger partial charge is 0.141 e. The van der Waals surface area contributed by atoms with Gasteiger partial charge in [-0.15, -0.1) is 0 Å². The lowest BCUT2D eigenvalue weighted by Gasteiger charge is -2.31. The fraction of sp³-hybridized carbons (Fsp3) is 0.261. The largest absolute Gasteiger partial charge is 0.341 e. The Bertz CT molecular complexity index is 1180. The normalized spacial score (nSPS) is 15.4. The molecule has 3 aromatic heterocycles. The van der Waals surface area contributed by atoms with E-state index >= 15 is 0 Å². The van der Waals surface area contributed by atoms with Gasteiger partial charge >= 0.3 is 0 Å². The number of piperidine rings is 1. The topological polar surface area (TPSA) is 69.7 Å². The summed E-state index contributed by atoms with van der Waals surface area (Å²) in [7, 11) is 0. The van der Waals surface area contributed by atoms with Gasteiger partial charge in [0.25, 0.3) is 0 Å². The van der Waals surface area contributed by atoms with Crippen molar-refractivity contribution in [2.45, 2.75) is 25.3 Å². The molecule has 0 radical (unpaired) electrons. The summed E-state index contributed by atoms with van der Waals surface area (Å²) < 4.78 is 13.1. The molecule has 1 fully saturated rings. The van der Waals surface area contributed by atoms with Crippen molar-refractivity contribution in [1.29, 1.82) is 0 Å². The first-order chi connectivity index (χ1) is 15.1. The Hall–Kier alpha value is -3.03. The van der Waals surface area contributed by atoms with E-state index in [2.05, 4.69) is 31.2 Å². The summed E-state index contributed by atoms with van der Waals surface area (Å²) in [4.78, 5) is 19.3. The highest BCUT2D eigenvalue weighted by atomic mass is 35.5. The molecule has 5 rings (SSSR count). The summed E-state index contributed by atoms with van der Waals surface area (Å²) in [5, 5.41) is 3.86. The number of rotatable bonds is 5. The number of imidazole rings is 1. The SMILES string of the molecule is Fc1ccc(Nc2cccc(C3CCN(Cc4nc5ccc(Cl)cc5[nH]4)CC3)n2)nc1. The van der Waals surface area contributed by atoms with E-state index < -0.39 is 0 Å². The number of benzene rings is 1. The Balaban J connectivity index is 1.20. The molecule has 158 valence electrons. The molecule has 0 amide bonds. The molecule has 6 nitrogen and oxygen atoms in total. The maximum absolute atomic E-state index is 13.1. The number of halogens is 2. The zero-order chi connectivity index (χ0) is 21.2. The predicted octanol–water partition coefficient (Wildman–Crippen LogP) is 5.27. The number of pyridine rings is 2. The number of nitrogens with one attached hydrogen (secondary N) is 2. The average Bonchev–Trinajstić information content (AvgIpc) is 3.17. The van der Waals surface area contributed by atoms with Crippen LogP contribution in [0.5, 0.6) is 0 Å². The van der Waals surface area contributed by atoms with Crippen LogP contribution in [0, 0.1) is 5.82 Å². The third-order valence-electron chi connectivity index (χ3n) is 5.63. The van der Waals surface area contributed by atoms with Crippen LogP contribution in [-0.4, -0.2) is 37.9 Å². The van der Waals surface area contributed by atoms with Crippen molar-refractivity contribution in [2.75, 3.05) is 18.4 Å². The number of fused-ring (bicyclic) bond motifs is 1. The minimum Gasteiger partial charge on any atom is -0.341 e. The number of hydrogen-bond donors (Lipinski definition) is 2. The first-order valence-electron chi connectivity index (χ1n) is 10.3. The van der Waals surface area contributed by atoms with Gasteiger partial charge in [0.2, 0.25) is 0 Å². The Morgan fingerprint density at radius 3 is 2.74 bits per heavy atom. The van der Waals surface area contributed by atoms with Gasteiger partial charge in [0.05, 0.1) is 23.8 Å². The standard InChI is InChI=1S/C23H22ClFN6/c24-16-4-6-19-20(12-16)29-23(28-19)14-31-10-8-15(9-11-31)18-2-1-3-22(27-18)30-21-7-5-17(25)13-26-21/h1-7,12-13,15H,8-11,14H2,(H,28,29)(H,26,27,30). The monoisotopic (exact) mass is 436 g/mol. The van der Waals surface area contributed by atoms with E-state index in [0.717, 1.165) is 60.8 Å². The predicted molar refractivity (Wildman–Crippen MR) is 120 cm³/mol. The molecule has 4 heterocycles. The summed E-state index contributed by atoms with van der Waals surface area (Å²) in [5.74, 6) is 2.32. The Kier molecular flexibility index (Phi) is 5.53. The zero-order valence-corrected chi connectivity index (χ0v) is 17.6. The number of H-pyrrole nitrogens is 1. The third kappa shape index (κ3) is 4.68. The van der Waals surface area contributed by atoms with Crippen molar-refractivity contribution >= 4 is 34.3 Å². The highest BCUT2D eigenvalue weighted by Gasteiger charge is 2.22. The molecule has 0 aliphatic carbocycles. The molecule has 0 bridgehead atoms. The van der Waals surface area contributed by atoms with Gasteiger partial charge in [0.1, 0.15) is 23.3 Å². The summed E-state index contributed by atoms with van der Waals surface area (Å²) in [5.41, 5.74) is 2.99. The van der Waals surface area contributed by atoms with Crippen LogP contribution in [0.3, 0.4) is 0 Å². The average molecular weight is 437 g/mol. The molecule has 31 heavy (non-hydrogen) atoms. The van der Waals surface area contributed by atoms with Crippen LogP contribution in [0.4, 0.5) is 16.0 Å². The van der Waals surface area contributed by atoms with Crippen LogP contribution < -0.4 is 5.32 Å². The number of hydrogen-bond acceptors (Lipinski definition) is 5. The Labute approximate surface area is 184 Å². The fourth-order valence-corrected chi connectivity index (χ4v) is 4.21. The van der Waals surface area contributed by atoms with Crippen LogP contribution in [0.15, 0.2) is 54.7 Å². The van der Waals surface area contributed by atoms with Gasteiger partial charge in [0, 0.05) is 16.6 Å². The van der Waals surface area contributed by atoms with Crippen LogP contribution in [0.25, 0.3) is 11.0 Å². The first kappa shape index (κ1) is 19.9. The maximum atomic E-state index is 13.1. The molecule has 1 saturated heterocycles. The minimum absolute atomic E-state index is 0.356. The van der Waals surface area contributed by atoms with Gasteiger partial charge in [-0.05, 0) is 68.4 Å². The molecular weight excluding hydrogens is 415 g/mol. The fourth-order valence-electron chi connectivity index (χ4n) is 4.04. The van der Waals surface area contributed by atoms with Crippen LogP contribution >= 0.6 is 11.6 Å². The van der Waals surface area contributed by atoms with Crippen molar-refractivity contribution in [2.24, 2.45) is 0 Å². The molecule has 1 aliphatic heterocycles. The molecular formula is C23H22ClFN6. The zero-order valence-electron chi connectivity index (χ0n) is 16.9. The van der Waals surface area contributed by atoms with Gasteiger partial charge in [-0.25, -0.2) is 19.3 Å². The van der Waals surface area contributed by atoms with Crippen LogP contribution in [0.1, 0.15) is 30.3 Å². The van der Waals surface area contributed by atoms with E-state index in [0.29, 0.717) is 16.8 Å². The second-order valence-electron chi connectivity index (χ2n) is 7.83. The van der Waals surface area contributed by atoms with Gasteiger partial charge in [0.15, 0.2) is 0 Å². The van der Waals surface area contributed by atoms with E-state index in [-0.39, 0.29) is 5.82 Å². The van der Waals surface area contributed by atoms with Gasteiger partial charge < -0.3 is 10.3 Å². The Morgan fingerprint density at radius 2 is 1.94 bits per heavy atom. The van der Waals surface area contributed by atoms with E-state index in [1.807, 2.05) is 30.3 Å². The second-order valence-corrected chi connectivity index (χ2v) is 8.27. The molecule has 0 atom stereocenters. The number of aromatic amines is 1. The minimum atomic E-state index is -0.356. The third-order valence-corrected chi connectivity index (χ3v) is 5.86. The van der Waals surface area contributed by atoms with Gasteiger partial charge in [-0.3, -0.25) is 4.90 Å². The molecule has 1 aliphatic rings. The van der Waals surface area contributed by atoms with Gasteiger partial charge in [-0.2, -0.15) is 0 Å². The second kappa shape index (κ2) is 8.61. The summed E-state index contributed by atoms with van der Waals surface area (Å²) in [6.07, 6.45) is 3.27. The van der Waals surface area contributed by atoms with Crippen molar-refractivity contribution in [1.82, 2.24) is 24.8 Å². The molecule has 0 saturated carbocycles. The summed E-state index contributed by atoms with van der Waals surface area (Å²) >= 11 is 6.07. The van der Waals surface area contributed by atoms with Crippen LogP contribution in [0.2, 0.25) is 5.02 Å². The lowest BCUT2D eigenvalue weighted by molar-refractivity contribution is 0.199. The molecule has 2 N–H and O–H groups in total. The van der Waals surface area contributed by atoms with Crippen molar-refractivity contribution in [3.8, 4) is 0 Å². The number of anilines is 2. The molecule has 8 heteroatoms. The molecule has 4 aromatic rings. The van der Waals surface area contributed by atoms with Crippen molar-refractivity contribution in [3.05, 3.63) is 77.1 Å². The maximum Gasteiger partial charge on any atom is 0.141 e. The van der Waals surface area contributed by atoms with Crippen LogP contribution in [-0.2, 0) is 6.54 Å². The number of likely N-dealkylation sites (tertiary alicyclic amines) is 1. The number of nitrogens with zero attached hydrogens (tertiary/aromatic N) is 4. The van der Waals surface area contributed by atoms with Crippen molar-refractivity contribution in [3.63, 3.8) is 0 Å². The van der Waals surface area contributed by atoms with Crippen molar-refractivity contribution < 1.29 is 4.39 Å². The summed E-state index contributed by atoms with van der Waals surface area (Å²) in [6.45, 7) is 2.77. The molecule has 0 spiro atoms. The van der Waals surface area contributed by atoms with E-state index in [4.69, 9.17) is 16.6 Å². The van der Waals surface area contributed by atoms with Gasteiger partial charge in [-0.1, -0.05) is 17.7 Å². The molecule has 0 unspecified atom stereocenters. The van der Waals surface area contributed by atoms with E-state index in [1.165, 1.54) is 12.3 Å². The van der Waals surface area contributed by atoms with E-state index in [9.17, 15) is 4.39 Å². The quantitative estimate of drug-likeness (QED) is 0.446. The number of aromatic nitrogens is 4.